The fourth-order valence-electron chi connectivity index (χ4n) is 2.50. The fourth-order valence-corrected chi connectivity index (χ4v) is 2.50. The Hall–Kier alpha value is -1.51. The van der Waals surface area contributed by atoms with Crippen LogP contribution < -0.4 is 11.1 Å². The van der Waals surface area contributed by atoms with Gasteiger partial charge in [0, 0.05) is 18.7 Å². The molecular formula is C17H28N2O. The number of hydrogen-bond donors (Lipinski definition) is 2. The summed E-state index contributed by atoms with van der Waals surface area (Å²) in [4.78, 5) is 11.9. The Bertz CT molecular complexity index is 402. The summed E-state index contributed by atoms with van der Waals surface area (Å²) in [5.41, 5.74) is 7.55. The molecule has 20 heavy (non-hydrogen) atoms. The van der Waals surface area contributed by atoms with Crippen LogP contribution in [0, 0.1) is 17.8 Å². The highest BCUT2D eigenvalue weighted by atomic mass is 16.1. The molecule has 1 aromatic rings. The van der Waals surface area contributed by atoms with Gasteiger partial charge in [0.05, 0.1) is 0 Å². The zero-order valence-corrected chi connectivity index (χ0v) is 13.1. The zero-order valence-electron chi connectivity index (χ0n) is 13.1. The summed E-state index contributed by atoms with van der Waals surface area (Å²) >= 11 is 0. The van der Waals surface area contributed by atoms with Crippen molar-refractivity contribution in [1.29, 1.82) is 0 Å². The van der Waals surface area contributed by atoms with Crippen LogP contribution in [0.25, 0.3) is 0 Å². The maximum Gasteiger partial charge on any atom is 0.220 e. The molecule has 0 fully saturated rings. The van der Waals surface area contributed by atoms with E-state index in [-0.39, 0.29) is 5.91 Å². The van der Waals surface area contributed by atoms with Crippen molar-refractivity contribution >= 4 is 11.6 Å². The summed E-state index contributed by atoms with van der Waals surface area (Å²) in [6.45, 7) is 9.63. The molecule has 0 aliphatic rings. The average molecular weight is 276 g/mol. The molecule has 1 amide bonds. The summed E-state index contributed by atoms with van der Waals surface area (Å²) in [6.07, 6.45) is 1.30. The number of nitrogens with two attached hydrogens (primary N) is 1. The van der Waals surface area contributed by atoms with E-state index in [1.54, 1.807) is 0 Å². The first-order valence-corrected chi connectivity index (χ1v) is 7.51. The summed E-state index contributed by atoms with van der Waals surface area (Å²) in [5.74, 6) is 1.85. The summed E-state index contributed by atoms with van der Waals surface area (Å²) < 4.78 is 0. The van der Waals surface area contributed by atoms with Crippen molar-refractivity contribution in [3.05, 3.63) is 29.8 Å². The molecule has 0 unspecified atom stereocenters. The first kappa shape index (κ1) is 16.5. The molecule has 0 bridgehead atoms. The van der Waals surface area contributed by atoms with Crippen molar-refractivity contribution in [3.63, 3.8) is 0 Å². The lowest BCUT2D eigenvalue weighted by molar-refractivity contribution is -0.121. The standard InChI is InChI=1S/C17H28N2O/c1-12(2)16(13(3)4)11-19-17(20)10-7-14-5-8-15(18)9-6-14/h5-6,8-9,12-13,16H,7,10-11,18H2,1-4H3,(H,19,20). The lowest BCUT2D eigenvalue weighted by atomic mass is 9.85. The van der Waals surface area contributed by atoms with Crippen LogP contribution in [0.4, 0.5) is 5.69 Å². The van der Waals surface area contributed by atoms with E-state index in [1.165, 1.54) is 0 Å². The number of nitrogen functional groups attached to an aromatic ring is 1. The highest BCUT2D eigenvalue weighted by molar-refractivity contribution is 5.76. The Morgan fingerprint density at radius 2 is 1.65 bits per heavy atom. The van der Waals surface area contributed by atoms with Crippen LogP contribution in [0.15, 0.2) is 24.3 Å². The first-order chi connectivity index (χ1) is 9.40. The molecule has 0 atom stereocenters. The quantitative estimate of drug-likeness (QED) is 0.751. The molecule has 0 saturated heterocycles. The van der Waals surface area contributed by atoms with E-state index < -0.39 is 0 Å². The van der Waals surface area contributed by atoms with Crippen LogP contribution in [0.3, 0.4) is 0 Å². The largest absolute Gasteiger partial charge is 0.399 e. The Morgan fingerprint density at radius 1 is 1.10 bits per heavy atom. The smallest absolute Gasteiger partial charge is 0.220 e. The highest BCUT2D eigenvalue weighted by Crippen LogP contribution is 2.19. The van der Waals surface area contributed by atoms with Crippen LogP contribution in [0.5, 0.6) is 0 Å². The summed E-state index contributed by atoms with van der Waals surface area (Å²) in [6, 6.07) is 7.71. The maximum atomic E-state index is 11.9. The molecule has 0 spiro atoms. The zero-order chi connectivity index (χ0) is 15.1. The van der Waals surface area contributed by atoms with Gasteiger partial charge in [0.1, 0.15) is 0 Å². The normalized spacial score (nSPS) is 11.3. The Labute approximate surface area is 122 Å². The van der Waals surface area contributed by atoms with E-state index in [2.05, 4.69) is 33.0 Å². The van der Waals surface area contributed by atoms with Gasteiger partial charge in [0.25, 0.3) is 0 Å². The lowest BCUT2D eigenvalue weighted by Gasteiger charge is -2.25. The van der Waals surface area contributed by atoms with Gasteiger partial charge in [0.15, 0.2) is 0 Å². The van der Waals surface area contributed by atoms with Gasteiger partial charge >= 0.3 is 0 Å². The average Bonchev–Trinajstić information content (AvgIpc) is 2.37. The first-order valence-electron chi connectivity index (χ1n) is 7.51. The third-order valence-electron chi connectivity index (χ3n) is 3.87. The van der Waals surface area contributed by atoms with Crippen LogP contribution in [0.2, 0.25) is 0 Å². The van der Waals surface area contributed by atoms with Crippen LogP contribution >= 0.6 is 0 Å². The Balaban J connectivity index is 2.35. The van der Waals surface area contributed by atoms with Crippen LogP contribution in [0.1, 0.15) is 39.7 Å². The van der Waals surface area contributed by atoms with E-state index in [0.29, 0.717) is 24.2 Å². The maximum absolute atomic E-state index is 11.9. The van der Waals surface area contributed by atoms with Gasteiger partial charge < -0.3 is 11.1 Å². The van der Waals surface area contributed by atoms with Gasteiger partial charge in [-0.05, 0) is 41.9 Å². The predicted octanol–water partition coefficient (Wildman–Crippen LogP) is 3.25. The molecule has 0 saturated carbocycles. The predicted molar refractivity (Wildman–Crippen MR) is 85.4 cm³/mol. The molecule has 3 N–H and O–H groups in total. The number of benzene rings is 1. The van der Waals surface area contributed by atoms with Gasteiger partial charge in [-0.3, -0.25) is 4.79 Å². The minimum atomic E-state index is 0.133. The lowest BCUT2D eigenvalue weighted by Crippen LogP contribution is -2.34. The second kappa shape index (κ2) is 7.93. The molecule has 0 heterocycles. The molecule has 0 aliphatic heterocycles. The number of nitrogens with one attached hydrogen (secondary N) is 1. The van der Waals surface area contributed by atoms with Crippen molar-refractivity contribution in [2.45, 2.75) is 40.5 Å². The number of carbonyl (C=O) groups excluding carboxylic acids is 1. The van der Waals surface area contributed by atoms with Gasteiger partial charge in [-0.15, -0.1) is 0 Å². The topological polar surface area (TPSA) is 55.1 Å². The second-order valence-electron chi connectivity index (χ2n) is 6.20. The van der Waals surface area contributed by atoms with E-state index in [1.807, 2.05) is 24.3 Å². The molecule has 0 radical (unpaired) electrons. The van der Waals surface area contributed by atoms with Gasteiger partial charge in [-0.2, -0.15) is 0 Å². The summed E-state index contributed by atoms with van der Waals surface area (Å²) in [5, 5.41) is 3.06. The Kier molecular flexibility index (Phi) is 6.56. The molecule has 3 heteroatoms. The van der Waals surface area contributed by atoms with E-state index >= 15 is 0 Å². The third kappa shape index (κ3) is 5.64. The fraction of sp³-hybridized carbons (Fsp3) is 0.588. The molecule has 112 valence electrons. The van der Waals surface area contributed by atoms with Crippen molar-refractivity contribution in [1.82, 2.24) is 5.32 Å². The second-order valence-corrected chi connectivity index (χ2v) is 6.20. The molecule has 0 aromatic heterocycles. The number of carbonyl (C=O) groups is 1. The highest BCUT2D eigenvalue weighted by Gasteiger charge is 2.17. The molecule has 0 aliphatic carbocycles. The van der Waals surface area contributed by atoms with Crippen molar-refractivity contribution < 1.29 is 4.79 Å². The monoisotopic (exact) mass is 276 g/mol. The van der Waals surface area contributed by atoms with Crippen molar-refractivity contribution in [3.8, 4) is 0 Å². The van der Waals surface area contributed by atoms with E-state index in [0.717, 1.165) is 24.2 Å². The van der Waals surface area contributed by atoms with E-state index in [4.69, 9.17) is 5.73 Å². The number of amides is 1. The van der Waals surface area contributed by atoms with Crippen molar-refractivity contribution in [2.75, 3.05) is 12.3 Å². The molecular weight excluding hydrogens is 248 g/mol. The van der Waals surface area contributed by atoms with Crippen LogP contribution in [-0.4, -0.2) is 12.5 Å². The number of aryl methyl sites for hydroxylation is 1. The van der Waals surface area contributed by atoms with Gasteiger partial charge in [-0.25, -0.2) is 0 Å². The minimum absolute atomic E-state index is 0.133. The van der Waals surface area contributed by atoms with Crippen molar-refractivity contribution in [2.24, 2.45) is 17.8 Å². The van der Waals surface area contributed by atoms with E-state index in [9.17, 15) is 4.79 Å². The minimum Gasteiger partial charge on any atom is -0.399 e. The third-order valence-corrected chi connectivity index (χ3v) is 3.87. The molecule has 1 rings (SSSR count). The number of anilines is 1. The van der Waals surface area contributed by atoms with Gasteiger partial charge in [-0.1, -0.05) is 39.8 Å². The Morgan fingerprint density at radius 3 is 2.15 bits per heavy atom. The number of hydrogen-bond acceptors (Lipinski definition) is 2. The molecule has 1 aromatic carbocycles. The van der Waals surface area contributed by atoms with Crippen LogP contribution in [-0.2, 0) is 11.2 Å². The SMILES string of the molecule is CC(C)C(CNC(=O)CCc1ccc(N)cc1)C(C)C. The molecule has 3 nitrogen and oxygen atoms in total. The number of rotatable bonds is 7. The van der Waals surface area contributed by atoms with Gasteiger partial charge in [0.2, 0.25) is 5.91 Å². The summed E-state index contributed by atoms with van der Waals surface area (Å²) in [7, 11) is 0.